The third kappa shape index (κ3) is 2.25. The SMILES string of the molecule is CNS(=O)(=O)c1ccc(N2CCNC2=O)cc1. The number of carbonyl (C=O) groups excluding carboxylic acids is 1. The first-order chi connectivity index (χ1) is 8.04. The molecule has 0 bridgehead atoms. The van der Waals surface area contributed by atoms with Crippen molar-refractivity contribution in [1.82, 2.24) is 10.0 Å². The Morgan fingerprint density at radius 1 is 1.29 bits per heavy atom. The van der Waals surface area contributed by atoms with E-state index >= 15 is 0 Å². The molecule has 2 amide bonds. The van der Waals surface area contributed by atoms with Crippen molar-refractivity contribution in [3.8, 4) is 0 Å². The van der Waals surface area contributed by atoms with Crippen molar-refractivity contribution in [2.75, 3.05) is 25.0 Å². The molecule has 0 atom stereocenters. The zero-order valence-electron chi connectivity index (χ0n) is 9.30. The lowest BCUT2D eigenvalue weighted by atomic mass is 10.3. The third-order valence-corrected chi connectivity index (χ3v) is 4.01. The minimum atomic E-state index is -3.42. The van der Waals surface area contributed by atoms with Gasteiger partial charge in [0.1, 0.15) is 0 Å². The van der Waals surface area contributed by atoms with Crippen LogP contribution in [0.2, 0.25) is 0 Å². The summed E-state index contributed by atoms with van der Waals surface area (Å²) in [5.74, 6) is 0. The van der Waals surface area contributed by atoms with Crippen LogP contribution in [0.5, 0.6) is 0 Å². The van der Waals surface area contributed by atoms with Crippen molar-refractivity contribution in [2.45, 2.75) is 4.90 Å². The van der Waals surface area contributed by atoms with Crippen LogP contribution >= 0.6 is 0 Å². The second kappa shape index (κ2) is 4.34. The largest absolute Gasteiger partial charge is 0.336 e. The van der Waals surface area contributed by atoms with Crippen molar-refractivity contribution in [2.24, 2.45) is 0 Å². The Balaban J connectivity index is 2.27. The fraction of sp³-hybridized carbons (Fsp3) is 0.300. The first kappa shape index (κ1) is 11.9. The standard InChI is InChI=1S/C10H13N3O3S/c1-11-17(15,16)9-4-2-8(3-5-9)13-7-6-12-10(13)14/h2-5,11H,6-7H2,1H3,(H,12,14). The summed E-state index contributed by atoms with van der Waals surface area (Å²) in [7, 11) is -2.06. The highest BCUT2D eigenvalue weighted by atomic mass is 32.2. The number of amides is 2. The topological polar surface area (TPSA) is 78.5 Å². The van der Waals surface area contributed by atoms with Gasteiger partial charge in [0.2, 0.25) is 10.0 Å². The summed E-state index contributed by atoms with van der Waals surface area (Å²) in [6, 6.07) is 6.04. The molecule has 2 rings (SSSR count). The Morgan fingerprint density at radius 3 is 2.41 bits per heavy atom. The minimum absolute atomic E-state index is 0.158. The van der Waals surface area contributed by atoms with Gasteiger partial charge in [-0.2, -0.15) is 0 Å². The first-order valence-corrected chi connectivity index (χ1v) is 6.62. The van der Waals surface area contributed by atoms with Gasteiger partial charge in [-0.3, -0.25) is 4.90 Å². The monoisotopic (exact) mass is 255 g/mol. The van der Waals surface area contributed by atoms with Gasteiger partial charge in [0.25, 0.3) is 0 Å². The lowest BCUT2D eigenvalue weighted by Crippen LogP contribution is -2.27. The molecule has 0 unspecified atom stereocenters. The van der Waals surface area contributed by atoms with Crippen LogP contribution in [0.3, 0.4) is 0 Å². The molecule has 0 radical (unpaired) electrons. The molecule has 0 aromatic heterocycles. The predicted molar refractivity (Wildman–Crippen MR) is 63.4 cm³/mol. The van der Waals surface area contributed by atoms with Gasteiger partial charge >= 0.3 is 6.03 Å². The lowest BCUT2D eigenvalue weighted by Gasteiger charge is -2.14. The Labute approximate surface area is 99.7 Å². The van der Waals surface area contributed by atoms with E-state index in [9.17, 15) is 13.2 Å². The highest BCUT2D eigenvalue weighted by Gasteiger charge is 2.21. The summed E-state index contributed by atoms with van der Waals surface area (Å²) in [5, 5.41) is 2.68. The molecule has 17 heavy (non-hydrogen) atoms. The average Bonchev–Trinajstić information content (AvgIpc) is 2.76. The zero-order valence-corrected chi connectivity index (χ0v) is 10.1. The quantitative estimate of drug-likeness (QED) is 0.805. The molecule has 0 spiro atoms. The molecule has 1 saturated heterocycles. The number of nitrogens with zero attached hydrogens (tertiary/aromatic N) is 1. The smallest absolute Gasteiger partial charge is 0.321 e. The molecule has 6 nitrogen and oxygen atoms in total. The summed E-state index contributed by atoms with van der Waals surface area (Å²) in [4.78, 5) is 13.1. The molecule has 1 fully saturated rings. The molecular weight excluding hydrogens is 242 g/mol. The molecule has 0 aliphatic carbocycles. The van der Waals surface area contributed by atoms with Gasteiger partial charge < -0.3 is 5.32 Å². The van der Waals surface area contributed by atoms with Crippen LogP contribution in [0.4, 0.5) is 10.5 Å². The van der Waals surface area contributed by atoms with Gasteiger partial charge in [-0.25, -0.2) is 17.9 Å². The molecule has 1 aromatic rings. The number of hydrogen-bond acceptors (Lipinski definition) is 3. The van der Waals surface area contributed by atoms with Gasteiger partial charge in [0.15, 0.2) is 0 Å². The maximum absolute atomic E-state index is 11.5. The lowest BCUT2D eigenvalue weighted by molar-refractivity contribution is 0.252. The van der Waals surface area contributed by atoms with Crippen LogP contribution in [0.1, 0.15) is 0 Å². The fourth-order valence-electron chi connectivity index (χ4n) is 1.64. The summed E-state index contributed by atoms with van der Waals surface area (Å²) in [5.41, 5.74) is 0.690. The van der Waals surface area contributed by atoms with E-state index < -0.39 is 10.0 Å². The van der Waals surface area contributed by atoms with E-state index in [2.05, 4.69) is 10.0 Å². The first-order valence-electron chi connectivity index (χ1n) is 5.13. The van der Waals surface area contributed by atoms with Gasteiger partial charge in [0, 0.05) is 18.8 Å². The number of carbonyl (C=O) groups is 1. The second-order valence-corrected chi connectivity index (χ2v) is 5.47. The van der Waals surface area contributed by atoms with Crippen LogP contribution in [-0.4, -0.2) is 34.6 Å². The van der Waals surface area contributed by atoms with Crippen LogP contribution in [0.15, 0.2) is 29.2 Å². The van der Waals surface area contributed by atoms with Crippen LogP contribution < -0.4 is 14.9 Å². The molecule has 1 aliphatic heterocycles. The number of urea groups is 1. The van der Waals surface area contributed by atoms with Crippen LogP contribution in [0, 0.1) is 0 Å². The highest BCUT2D eigenvalue weighted by molar-refractivity contribution is 7.89. The van der Waals surface area contributed by atoms with Crippen molar-refractivity contribution >= 4 is 21.7 Å². The van der Waals surface area contributed by atoms with E-state index in [0.717, 1.165) is 0 Å². The maximum Gasteiger partial charge on any atom is 0.321 e. The molecule has 7 heteroatoms. The summed E-state index contributed by atoms with van der Waals surface area (Å²) >= 11 is 0. The Morgan fingerprint density at radius 2 is 1.94 bits per heavy atom. The fourth-order valence-corrected chi connectivity index (χ4v) is 2.37. The Kier molecular flexibility index (Phi) is 3.03. The molecule has 1 aliphatic rings. The maximum atomic E-state index is 11.5. The van der Waals surface area contributed by atoms with E-state index in [1.165, 1.54) is 19.2 Å². The minimum Gasteiger partial charge on any atom is -0.336 e. The normalized spacial score (nSPS) is 16.1. The van der Waals surface area contributed by atoms with E-state index in [4.69, 9.17) is 0 Å². The second-order valence-electron chi connectivity index (χ2n) is 3.59. The number of hydrogen-bond donors (Lipinski definition) is 2. The van der Waals surface area contributed by atoms with Gasteiger partial charge in [-0.05, 0) is 31.3 Å². The van der Waals surface area contributed by atoms with E-state index in [1.54, 1.807) is 17.0 Å². The number of benzene rings is 1. The number of sulfonamides is 1. The van der Waals surface area contributed by atoms with Crippen molar-refractivity contribution in [3.63, 3.8) is 0 Å². The Bertz CT molecular complexity index is 524. The van der Waals surface area contributed by atoms with Crippen LogP contribution in [-0.2, 0) is 10.0 Å². The van der Waals surface area contributed by atoms with E-state index in [0.29, 0.717) is 18.8 Å². The Hall–Kier alpha value is -1.60. The molecule has 92 valence electrons. The molecule has 0 saturated carbocycles. The molecule has 2 N–H and O–H groups in total. The van der Waals surface area contributed by atoms with Crippen LogP contribution in [0.25, 0.3) is 0 Å². The zero-order chi connectivity index (χ0) is 12.5. The van der Waals surface area contributed by atoms with Crippen molar-refractivity contribution < 1.29 is 13.2 Å². The van der Waals surface area contributed by atoms with Gasteiger partial charge in [0.05, 0.1) is 4.90 Å². The number of nitrogens with one attached hydrogen (secondary N) is 2. The van der Waals surface area contributed by atoms with Gasteiger partial charge in [-0.15, -0.1) is 0 Å². The van der Waals surface area contributed by atoms with E-state index in [-0.39, 0.29) is 10.9 Å². The third-order valence-electron chi connectivity index (χ3n) is 2.58. The molecule has 1 heterocycles. The average molecular weight is 255 g/mol. The van der Waals surface area contributed by atoms with Gasteiger partial charge in [-0.1, -0.05) is 0 Å². The van der Waals surface area contributed by atoms with E-state index in [1.807, 2.05) is 0 Å². The van der Waals surface area contributed by atoms with Crippen molar-refractivity contribution in [1.29, 1.82) is 0 Å². The van der Waals surface area contributed by atoms with Crippen molar-refractivity contribution in [3.05, 3.63) is 24.3 Å². The highest BCUT2D eigenvalue weighted by Crippen LogP contribution is 2.19. The predicted octanol–water partition coefficient (Wildman–Crippen LogP) is 0.124. The summed E-state index contributed by atoms with van der Waals surface area (Å²) in [6.07, 6.45) is 0. The molecule has 1 aromatic carbocycles. The summed E-state index contributed by atoms with van der Waals surface area (Å²) < 4.78 is 25.2. The molecular formula is C10H13N3O3S. The summed E-state index contributed by atoms with van der Waals surface area (Å²) in [6.45, 7) is 1.20. The number of rotatable bonds is 3. The number of anilines is 1.